The van der Waals surface area contributed by atoms with E-state index in [0.29, 0.717) is 36.4 Å². The lowest BCUT2D eigenvalue weighted by Crippen LogP contribution is -2.57. The van der Waals surface area contributed by atoms with Crippen LogP contribution in [0.15, 0.2) is 54.0 Å². The summed E-state index contributed by atoms with van der Waals surface area (Å²) < 4.78 is 5.64. The molecule has 4 heterocycles. The molecular formula is C36H40N8O6. The van der Waals surface area contributed by atoms with Gasteiger partial charge in [0.25, 0.3) is 5.91 Å². The van der Waals surface area contributed by atoms with Gasteiger partial charge in [0, 0.05) is 35.9 Å². The second-order valence-corrected chi connectivity index (χ2v) is 13.6. The highest BCUT2D eigenvalue weighted by atomic mass is 16.6. The van der Waals surface area contributed by atoms with Crippen LogP contribution in [-0.2, 0) is 24.0 Å². The van der Waals surface area contributed by atoms with E-state index in [-0.39, 0.29) is 25.0 Å². The maximum atomic E-state index is 14.4. The first-order valence-electron chi connectivity index (χ1n) is 17.5. The molecule has 1 saturated heterocycles. The van der Waals surface area contributed by atoms with Crippen molar-refractivity contribution in [2.75, 3.05) is 6.54 Å². The third-order valence-electron chi connectivity index (χ3n) is 10.3. The van der Waals surface area contributed by atoms with Gasteiger partial charge in [0.2, 0.25) is 11.8 Å². The molecule has 2 aliphatic heterocycles. The number of hydrogen-bond acceptors (Lipinski definition) is 10. The first-order chi connectivity index (χ1) is 24.4. The number of amides is 4. The average Bonchev–Trinajstić information content (AvgIpc) is 3.47. The highest BCUT2D eigenvalue weighted by Gasteiger charge is 2.61. The second kappa shape index (κ2) is 14.3. The van der Waals surface area contributed by atoms with E-state index < -0.39 is 47.5 Å². The number of allylic oxidation sites excluding steroid dienone is 1. The van der Waals surface area contributed by atoms with E-state index in [2.05, 4.69) is 31.1 Å². The van der Waals surface area contributed by atoms with Crippen LogP contribution in [0.5, 0.6) is 0 Å². The Morgan fingerprint density at radius 2 is 1.72 bits per heavy atom. The summed E-state index contributed by atoms with van der Waals surface area (Å²) >= 11 is 0. The van der Waals surface area contributed by atoms with E-state index in [0.717, 1.165) is 56.1 Å². The fraction of sp³-hybridized carbons (Fsp3) is 0.500. The molecule has 2 aromatic heterocycles. The molecule has 4 amide bonds. The van der Waals surface area contributed by atoms with Crippen LogP contribution in [0.3, 0.4) is 0 Å². The van der Waals surface area contributed by atoms with Gasteiger partial charge in [0.05, 0.1) is 6.54 Å². The smallest absolute Gasteiger partial charge is 0.408 e. The molecule has 7 rings (SSSR count). The van der Waals surface area contributed by atoms with Gasteiger partial charge in [-0.1, -0.05) is 42.3 Å². The summed E-state index contributed by atoms with van der Waals surface area (Å²) in [5.41, 5.74) is 2.12. The molecule has 3 aliphatic carbocycles. The lowest BCUT2D eigenvalue weighted by atomic mass is 10.0. The number of carbonyl (C=O) groups excluding carboxylic acids is 4. The van der Waals surface area contributed by atoms with Crippen LogP contribution in [0.1, 0.15) is 82.0 Å². The van der Waals surface area contributed by atoms with Crippen LogP contribution in [0.4, 0.5) is 4.79 Å². The molecule has 50 heavy (non-hydrogen) atoms. The first kappa shape index (κ1) is 33.2. The highest BCUT2D eigenvalue weighted by molar-refractivity contribution is 6.22. The Morgan fingerprint density at radius 3 is 2.44 bits per heavy atom. The summed E-state index contributed by atoms with van der Waals surface area (Å²) in [4.78, 5) is 71.1. The quantitative estimate of drug-likeness (QED) is 0.157. The number of carbonyl (C=O) groups is 4. The Balaban J connectivity index is 1.16. The third-order valence-corrected chi connectivity index (χ3v) is 10.3. The Bertz CT molecular complexity index is 1720. The van der Waals surface area contributed by atoms with Crippen molar-refractivity contribution in [1.29, 1.82) is 5.26 Å². The van der Waals surface area contributed by atoms with Crippen molar-refractivity contribution < 1.29 is 28.8 Å². The lowest BCUT2D eigenvalue weighted by Gasteiger charge is -2.29. The highest BCUT2D eigenvalue weighted by Crippen LogP contribution is 2.45. The van der Waals surface area contributed by atoms with E-state index >= 15 is 0 Å². The van der Waals surface area contributed by atoms with E-state index in [1.165, 1.54) is 4.90 Å². The van der Waals surface area contributed by atoms with Gasteiger partial charge in [-0.05, 0) is 63.5 Å². The van der Waals surface area contributed by atoms with E-state index in [9.17, 15) is 24.4 Å². The van der Waals surface area contributed by atoms with E-state index in [1.54, 1.807) is 18.6 Å². The van der Waals surface area contributed by atoms with Crippen LogP contribution in [0.25, 0.3) is 11.1 Å². The van der Waals surface area contributed by atoms with E-state index in [1.807, 2.05) is 36.4 Å². The molecule has 2 aromatic rings. The summed E-state index contributed by atoms with van der Waals surface area (Å²) in [5, 5.41) is 21.6. The standard InChI is InChI=1S/C36H40N8O6/c37-21-40-34(47)36-19-22(36)10-4-2-1-3-5-15-27(41-35(48)49-23-11-6-7-12-23)33(46)44-20-24(18-28(44)32(45)42-36)50-43-31-29-25(13-8-16-38-29)26-14-9-17-39-30(26)31/h4,8-10,13-14,16-17,22-24,27-28H,1-3,5-7,11-12,15,18-20H2,(H,40,47)(H,41,48)(H,42,45)/b10-4+/t22?,24-,27-,28+,36-/m1/s1. The number of rotatable bonds is 5. The average molecular weight is 681 g/mol. The van der Waals surface area contributed by atoms with Gasteiger partial charge in [-0.2, -0.15) is 5.26 Å². The van der Waals surface area contributed by atoms with Gasteiger partial charge >= 0.3 is 6.09 Å². The number of pyridine rings is 2. The summed E-state index contributed by atoms with van der Waals surface area (Å²) in [6.45, 7) is 0.00836. The topological polar surface area (TPSA) is 188 Å². The van der Waals surface area contributed by atoms with Gasteiger partial charge in [-0.25, -0.2) is 4.79 Å². The number of nitrogens with one attached hydrogen (secondary N) is 3. The molecule has 14 nitrogen and oxygen atoms in total. The van der Waals surface area contributed by atoms with Crippen molar-refractivity contribution in [2.24, 2.45) is 11.1 Å². The Kier molecular flexibility index (Phi) is 9.47. The number of ether oxygens (including phenoxy) is 1. The predicted molar refractivity (Wildman–Crippen MR) is 179 cm³/mol. The molecule has 3 fully saturated rings. The van der Waals surface area contributed by atoms with Crippen molar-refractivity contribution in [2.45, 2.75) is 100 Å². The molecule has 0 aromatic carbocycles. The van der Waals surface area contributed by atoms with Crippen molar-refractivity contribution in [3.8, 4) is 17.3 Å². The molecule has 5 aliphatic rings. The summed E-state index contributed by atoms with van der Waals surface area (Å²) in [7, 11) is 0. The summed E-state index contributed by atoms with van der Waals surface area (Å²) in [6, 6.07) is 5.57. The number of fused-ring (bicyclic) bond motifs is 5. The molecule has 14 heteroatoms. The Labute approximate surface area is 289 Å². The zero-order valence-corrected chi connectivity index (χ0v) is 27.7. The predicted octanol–water partition coefficient (Wildman–Crippen LogP) is 3.23. The zero-order chi connectivity index (χ0) is 34.7. The normalized spacial score (nSPS) is 28.3. The fourth-order valence-electron chi connectivity index (χ4n) is 7.60. The molecule has 5 atom stereocenters. The molecule has 3 N–H and O–H groups in total. The molecule has 0 radical (unpaired) electrons. The Morgan fingerprint density at radius 1 is 1.00 bits per heavy atom. The monoisotopic (exact) mass is 680 g/mol. The largest absolute Gasteiger partial charge is 0.446 e. The van der Waals surface area contributed by atoms with Crippen LogP contribution >= 0.6 is 0 Å². The minimum Gasteiger partial charge on any atom is -0.446 e. The molecule has 260 valence electrons. The van der Waals surface area contributed by atoms with Crippen molar-refractivity contribution in [3.05, 3.63) is 60.2 Å². The SMILES string of the molecule is N#CNC(=O)[C@@]12CC1/C=C/CCCCC[C@@H](NC(=O)OC1CCCC1)C(=O)N1C[C@H](ON=C3c4ncccc4-c4cccnc43)C[C@H]1C(=O)N2. The maximum absolute atomic E-state index is 14.4. The van der Waals surface area contributed by atoms with Gasteiger partial charge in [0.15, 0.2) is 11.9 Å². The van der Waals surface area contributed by atoms with Gasteiger partial charge in [-0.15, -0.1) is 0 Å². The Hall–Kier alpha value is -5.32. The second-order valence-electron chi connectivity index (χ2n) is 13.6. The van der Waals surface area contributed by atoms with Crippen molar-refractivity contribution >= 4 is 29.5 Å². The first-order valence-corrected chi connectivity index (χ1v) is 17.5. The number of aromatic nitrogens is 2. The number of nitriles is 1. The molecule has 1 unspecified atom stereocenters. The number of hydrogen-bond donors (Lipinski definition) is 3. The number of nitrogens with zero attached hydrogens (tertiary/aromatic N) is 5. The zero-order valence-electron chi connectivity index (χ0n) is 27.7. The molecule has 0 bridgehead atoms. The van der Waals surface area contributed by atoms with Gasteiger partial charge < -0.3 is 25.1 Å². The van der Waals surface area contributed by atoms with Crippen LogP contribution in [-0.4, -0.2) is 80.8 Å². The van der Waals surface area contributed by atoms with Crippen LogP contribution in [0.2, 0.25) is 0 Å². The number of oxime groups is 1. The maximum Gasteiger partial charge on any atom is 0.408 e. The van der Waals surface area contributed by atoms with Gasteiger partial charge in [0.1, 0.15) is 41.2 Å². The van der Waals surface area contributed by atoms with Crippen LogP contribution in [0, 0.1) is 17.4 Å². The number of alkyl carbamates (subject to hydrolysis) is 1. The third kappa shape index (κ3) is 6.64. The summed E-state index contributed by atoms with van der Waals surface area (Å²) in [6.07, 6.45) is 14.8. The lowest BCUT2D eigenvalue weighted by molar-refractivity contribution is -0.141. The van der Waals surface area contributed by atoms with Crippen molar-refractivity contribution in [1.82, 2.24) is 30.8 Å². The van der Waals surface area contributed by atoms with Crippen molar-refractivity contribution in [3.63, 3.8) is 0 Å². The minimum absolute atomic E-state index is 0.00836. The molecule has 0 spiro atoms. The minimum atomic E-state index is -1.31. The fourth-order valence-corrected chi connectivity index (χ4v) is 7.60. The molecule has 2 saturated carbocycles. The molecular weight excluding hydrogens is 640 g/mol. The summed E-state index contributed by atoms with van der Waals surface area (Å²) in [5.74, 6) is -1.89. The van der Waals surface area contributed by atoms with Gasteiger partial charge in [-0.3, -0.25) is 29.7 Å². The van der Waals surface area contributed by atoms with Crippen LogP contribution < -0.4 is 16.0 Å². The van der Waals surface area contributed by atoms with E-state index in [4.69, 9.17) is 9.57 Å².